The maximum absolute atomic E-state index is 11.9. The van der Waals surface area contributed by atoms with Gasteiger partial charge in [0.1, 0.15) is 0 Å². The van der Waals surface area contributed by atoms with Crippen LogP contribution < -0.4 is 5.32 Å². The Morgan fingerprint density at radius 2 is 1.94 bits per heavy atom. The SMILES string of the molecule is CCOCC(C)NC(=O)N(CC)C(C)CC(=O)O. The van der Waals surface area contributed by atoms with Gasteiger partial charge in [0.2, 0.25) is 0 Å². The Hall–Kier alpha value is -1.30. The molecule has 0 heterocycles. The van der Waals surface area contributed by atoms with Crippen molar-refractivity contribution < 1.29 is 19.4 Å². The van der Waals surface area contributed by atoms with Crippen LogP contribution in [0.15, 0.2) is 0 Å². The van der Waals surface area contributed by atoms with Crippen molar-refractivity contribution in [2.45, 2.75) is 46.2 Å². The minimum atomic E-state index is -0.906. The van der Waals surface area contributed by atoms with E-state index in [1.807, 2.05) is 20.8 Å². The van der Waals surface area contributed by atoms with Crippen LogP contribution in [0.5, 0.6) is 0 Å². The second-order valence-electron chi connectivity index (χ2n) is 4.24. The third-order valence-electron chi connectivity index (χ3n) is 2.55. The van der Waals surface area contributed by atoms with Gasteiger partial charge in [0, 0.05) is 19.2 Å². The Balaban J connectivity index is 4.29. The van der Waals surface area contributed by atoms with Crippen LogP contribution in [0, 0.1) is 0 Å². The summed E-state index contributed by atoms with van der Waals surface area (Å²) in [6, 6.07) is -0.672. The average molecular weight is 260 g/mol. The second-order valence-corrected chi connectivity index (χ2v) is 4.24. The molecule has 0 saturated heterocycles. The van der Waals surface area contributed by atoms with E-state index in [0.29, 0.717) is 19.8 Å². The summed E-state index contributed by atoms with van der Waals surface area (Å²) < 4.78 is 5.21. The zero-order valence-corrected chi connectivity index (χ0v) is 11.6. The predicted octanol–water partition coefficient (Wildman–Crippen LogP) is 1.31. The van der Waals surface area contributed by atoms with Crippen LogP contribution in [0.4, 0.5) is 4.79 Å². The minimum Gasteiger partial charge on any atom is -0.481 e. The van der Waals surface area contributed by atoms with Gasteiger partial charge in [-0.2, -0.15) is 0 Å². The van der Waals surface area contributed by atoms with E-state index in [9.17, 15) is 9.59 Å². The topological polar surface area (TPSA) is 78.9 Å². The van der Waals surface area contributed by atoms with Crippen molar-refractivity contribution in [2.75, 3.05) is 19.8 Å². The third-order valence-corrected chi connectivity index (χ3v) is 2.55. The number of rotatable bonds is 8. The fourth-order valence-corrected chi connectivity index (χ4v) is 1.65. The fraction of sp³-hybridized carbons (Fsp3) is 0.833. The van der Waals surface area contributed by atoms with E-state index in [-0.39, 0.29) is 24.5 Å². The third kappa shape index (κ3) is 6.44. The van der Waals surface area contributed by atoms with Crippen molar-refractivity contribution in [3.63, 3.8) is 0 Å². The molecule has 2 atom stereocenters. The summed E-state index contributed by atoms with van der Waals surface area (Å²) >= 11 is 0. The lowest BCUT2D eigenvalue weighted by molar-refractivity contribution is -0.138. The monoisotopic (exact) mass is 260 g/mol. The van der Waals surface area contributed by atoms with E-state index in [1.165, 1.54) is 4.90 Å². The fourth-order valence-electron chi connectivity index (χ4n) is 1.65. The number of amides is 2. The highest BCUT2D eigenvalue weighted by molar-refractivity contribution is 5.76. The van der Waals surface area contributed by atoms with E-state index in [4.69, 9.17) is 9.84 Å². The summed E-state index contributed by atoms with van der Waals surface area (Å²) in [5.41, 5.74) is 0. The van der Waals surface area contributed by atoms with Crippen LogP contribution in [0.3, 0.4) is 0 Å². The molecule has 0 aromatic heterocycles. The number of carboxylic acids is 1. The van der Waals surface area contributed by atoms with Gasteiger partial charge in [-0.3, -0.25) is 4.79 Å². The molecule has 0 radical (unpaired) electrons. The van der Waals surface area contributed by atoms with Gasteiger partial charge in [-0.25, -0.2) is 4.79 Å². The smallest absolute Gasteiger partial charge is 0.317 e. The molecule has 6 heteroatoms. The number of urea groups is 1. The number of nitrogens with zero attached hydrogens (tertiary/aromatic N) is 1. The van der Waals surface area contributed by atoms with Crippen molar-refractivity contribution in [1.82, 2.24) is 10.2 Å². The molecule has 2 unspecified atom stereocenters. The second kappa shape index (κ2) is 8.74. The summed E-state index contributed by atoms with van der Waals surface area (Å²) in [6.45, 7) is 8.82. The molecule has 6 nitrogen and oxygen atoms in total. The normalized spacial score (nSPS) is 13.8. The molecular weight excluding hydrogens is 236 g/mol. The largest absolute Gasteiger partial charge is 0.481 e. The number of aliphatic carboxylic acids is 1. The first-order valence-electron chi connectivity index (χ1n) is 6.28. The van der Waals surface area contributed by atoms with Crippen LogP contribution in [0.2, 0.25) is 0 Å². The number of carboxylic acid groups (broad SMARTS) is 1. The van der Waals surface area contributed by atoms with Gasteiger partial charge in [0.15, 0.2) is 0 Å². The maximum Gasteiger partial charge on any atom is 0.317 e. The first-order valence-corrected chi connectivity index (χ1v) is 6.28. The Morgan fingerprint density at radius 1 is 1.33 bits per heavy atom. The van der Waals surface area contributed by atoms with Gasteiger partial charge in [-0.05, 0) is 27.7 Å². The van der Waals surface area contributed by atoms with Crippen LogP contribution in [-0.2, 0) is 9.53 Å². The number of nitrogens with one attached hydrogen (secondary N) is 1. The van der Waals surface area contributed by atoms with Crippen LogP contribution in [0.25, 0.3) is 0 Å². The first kappa shape index (κ1) is 16.7. The Bertz CT molecular complexity index is 271. The number of carbonyl (C=O) groups excluding carboxylic acids is 1. The quantitative estimate of drug-likeness (QED) is 0.689. The highest BCUT2D eigenvalue weighted by Crippen LogP contribution is 2.04. The number of carbonyl (C=O) groups is 2. The lowest BCUT2D eigenvalue weighted by Gasteiger charge is -2.28. The van der Waals surface area contributed by atoms with Gasteiger partial charge >= 0.3 is 12.0 Å². The van der Waals surface area contributed by atoms with Crippen LogP contribution in [-0.4, -0.2) is 53.8 Å². The van der Waals surface area contributed by atoms with Crippen molar-refractivity contribution in [3.05, 3.63) is 0 Å². The standard InChI is InChI=1S/C12H24N2O4/c1-5-14(10(4)7-11(15)16)12(17)13-9(3)8-18-6-2/h9-10H,5-8H2,1-4H3,(H,13,17)(H,15,16). The van der Waals surface area contributed by atoms with Gasteiger partial charge in [0.05, 0.1) is 19.1 Å². The number of ether oxygens (including phenoxy) is 1. The Labute approximate surface area is 108 Å². The Morgan fingerprint density at radius 3 is 2.39 bits per heavy atom. The molecule has 0 aromatic carbocycles. The van der Waals surface area contributed by atoms with E-state index in [2.05, 4.69) is 5.32 Å². The van der Waals surface area contributed by atoms with Crippen molar-refractivity contribution in [1.29, 1.82) is 0 Å². The predicted molar refractivity (Wildman–Crippen MR) is 68.6 cm³/mol. The van der Waals surface area contributed by atoms with Crippen molar-refractivity contribution in [2.24, 2.45) is 0 Å². The molecule has 0 aliphatic carbocycles. The van der Waals surface area contributed by atoms with Crippen molar-refractivity contribution in [3.8, 4) is 0 Å². The zero-order chi connectivity index (χ0) is 14.1. The molecule has 18 heavy (non-hydrogen) atoms. The summed E-state index contributed by atoms with van der Waals surface area (Å²) in [5.74, 6) is -0.906. The number of hydrogen-bond donors (Lipinski definition) is 2. The molecule has 0 bridgehead atoms. The summed E-state index contributed by atoms with van der Waals surface area (Å²) in [6.07, 6.45) is -0.0545. The summed E-state index contributed by atoms with van der Waals surface area (Å²) in [7, 11) is 0. The van der Waals surface area contributed by atoms with Gasteiger partial charge < -0.3 is 20.1 Å². The molecule has 106 valence electrons. The zero-order valence-electron chi connectivity index (χ0n) is 11.6. The highest BCUT2D eigenvalue weighted by Gasteiger charge is 2.21. The summed E-state index contributed by atoms with van der Waals surface area (Å²) in [4.78, 5) is 24.1. The maximum atomic E-state index is 11.9. The van der Waals surface area contributed by atoms with Crippen LogP contribution >= 0.6 is 0 Å². The molecule has 0 saturated carbocycles. The lowest BCUT2D eigenvalue weighted by atomic mass is 10.2. The first-order chi connectivity index (χ1) is 8.42. The minimum absolute atomic E-state index is 0.0545. The lowest BCUT2D eigenvalue weighted by Crippen LogP contribution is -2.49. The average Bonchev–Trinajstić information content (AvgIpc) is 2.26. The van der Waals surface area contributed by atoms with E-state index < -0.39 is 5.97 Å². The summed E-state index contributed by atoms with van der Waals surface area (Å²) in [5, 5.41) is 11.5. The van der Waals surface area contributed by atoms with Crippen LogP contribution in [0.1, 0.15) is 34.1 Å². The van der Waals surface area contributed by atoms with Gasteiger partial charge in [0.25, 0.3) is 0 Å². The van der Waals surface area contributed by atoms with Gasteiger partial charge in [-0.15, -0.1) is 0 Å². The van der Waals surface area contributed by atoms with Crippen molar-refractivity contribution >= 4 is 12.0 Å². The van der Waals surface area contributed by atoms with E-state index in [0.717, 1.165) is 0 Å². The molecule has 2 N–H and O–H groups in total. The van der Waals surface area contributed by atoms with E-state index >= 15 is 0 Å². The molecule has 0 rings (SSSR count). The molecule has 2 amide bonds. The van der Waals surface area contributed by atoms with E-state index in [1.54, 1.807) is 6.92 Å². The molecular formula is C12H24N2O4. The highest BCUT2D eigenvalue weighted by atomic mass is 16.5. The number of hydrogen-bond acceptors (Lipinski definition) is 3. The molecule has 0 aromatic rings. The molecule has 0 spiro atoms. The Kier molecular flexibility index (Phi) is 8.11. The molecule has 0 fully saturated rings. The molecule has 0 aliphatic heterocycles. The van der Waals surface area contributed by atoms with Gasteiger partial charge in [-0.1, -0.05) is 0 Å². The molecule has 0 aliphatic rings.